The van der Waals surface area contributed by atoms with Gasteiger partial charge in [-0.15, -0.1) is 0 Å². The molecule has 0 aliphatic rings. The molecule has 4 nitrogen and oxygen atoms in total. The highest BCUT2D eigenvalue weighted by Crippen LogP contribution is 2.22. The first-order valence-electron chi connectivity index (χ1n) is 6.06. The topological polar surface area (TPSA) is 64.3 Å². The van der Waals surface area contributed by atoms with Crippen molar-refractivity contribution in [3.63, 3.8) is 0 Å². The van der Waals surface area contributed by atoms with Crippen molar-refractivity contribution in [2.24, 2.45) is 5.73 Å². The Morgan fingerprint density at radius 2 is 2.05 bits per heavy atom. The Labute approximate surface area is 136 Å². The van der Waals surface area contributed by atoms with Crippen LogP contribution in [-0.4, -0.2) is 18.0 Å². The summed E-state index contributed by atoms with van der Waals surface area (Å²) in [6, 6.07) is 12.2. The van der Waals surface area contributed by atoms with Crippen molar-refractivity contribution in [3.8, 4) is 5.75 Å². The lowest BCUT2D eigenvalue weighted by Crippen LogP contribution is -2.17. The summed E-state index contributed by atoms with van der Waals surface area (Å²) in [5, 5.41) is 2.80. The maximum Gasteiger partial charge on any atom is 0.255 e. The average Bonchev–Trinajstić information content (AvgIpc) is 2.48. The largest absolute Gasteiger partial charge is 0.497 e. The van der Waals surface area contributed by atoms with Gasteiger partial charge in [-0.3, -0.25) is 4.79 Å². The fourth-order valence-electron chi connectivity index (χ4n) is 1.79. The van der Waals surface area contributed by atoms with Gasteiger partial charge in [0.2, 0.25) is 0 Å². The van der Waals surface area contributed by atoms with Crippen molar-refractivity contribution in [3.05, 3.63) is 58.1 Å². The summed E-state index contributed by atoms with van der Waals surface area (Å²) < 4.78 is 5.94. The third kappa shape index (κ3) is 3.80. The van der Waals surface area contributed by atoms with Crippen molar-refractivity contribution < 1.29 is 9.53 Å². The molecule has 0 atom stereocenters. The van der Waals surface area contributed by atoms with E-state index in [1.807, 2.05) is 6.07 Å². The molecule has 0 saturated heterocycles. The number of ether oxygens (including phenoxy) is 1. The number of thiocarbonyl (C=S) groups is 1. The highest BCUT2D eigenvalue weighted by atomic mass is 79.9. The maximum atomic E-state index is 12.3. The zero-order valence-electron chi connectivity index (χ0n) is 11.2. The molecule has 0 saturated carbocycles. The lowest BCUT2D eigenvalue weighted by atomic mass is 10.1. The molecule has 0 heterocycles. The van der Waals surface area contributed by atoms with Crippen molar-refractivity contribution >= 4 is 44.7 Å². The number of anilines is 1. The van der Waals surface area contributed by atoms with Gasteiger partial charge in [0, 0.05) is 15.6 Å². The van der Waals surface area contributed by atoms with Gasteiger partial charge < -0.3 is 15.8 Å². The van der Waals surface area contributed by atoms with E-state index in [9.17, 15) is 4.79 Å². The van der Waals surface area contributed by atoms with Gasteiger partial charge in [-0.1, -0.05) is 34.2 Å². The molecule has 3 N–H and O–H groups in total. The smallest absolute Gasteiger partial charge is 0.255 e. The number of nitrogens with one attached hydrogen (secondary N) is 1. The number of hydrogen-bond acceptors (Lipinski definition) is 3. The van der Waals surface area contributed by atoms with Crippen molar-refractivity contribution in [1.82, 2.24) is 0 Å². The van der Waals surface area contributed by atoms with E-state index in [-0.39, 0.29) is 10.9 Å². The van der Waals surface area contributed by atoms with E-state index in [0.29, 0.717) is 22.6 Å². The number of hydrogen-bond donors (Lipinski definition) is 2. The predicted octanol–water partition coefficient (Wildman–Crippen LogP) is 3.34. The number of halogens is 1. The fraction of sp³-hybridized carbons (Fsp3) is 0.0667. The van der Waals surface area contributed by atoms with Crippen molar-refractivity contribution in [2.45, 2.75) is 0 Å². The summed E-state index contributed by atoms with van der Waals surface area (Å²) in [5.41, 5.74) is 7.35. The minimum absolute atomic E-state index is 0.220. The Bertz CT molecular complexity index is 704. The SMILES string of the molecule is COc1cccc(C(=O)Nc2ccc(Br)cc2C(N)=S)c1. The standard InChI is InChI=1S/C15H13BrN2O2S/c1-20-11-4-2-3-9(7-11)15(19)18-13-6-5-10(16)8-12(13)14(17)21/h2-8H,1H3,(H2,17,21)(H,18,19). The van der Waals surface area contributed by atoms with Crippen LogP contribution in [0.15, 0.2) is 46.9 Å². The third-order valence-corrected chi connectivity index (χ3v) is 3.54. The minimum atomic E-state index is -0.256. The average molecular weight is 365 g/mol. The molecule has 0 unspecified atom stereocenters. The van der Waals surface area contributed by atoms with Crippen molar-refractivity contribution in [1.29, 1.82) is 0 Å². The maximum absolute atomic E-state index is 12.3. The molecule has 0 fully saturated rings. The van der Waals surface area contributed by atoms with Crippen LogP contribution in [0.25, 0.3) is 0 Å². The molecule has 21 heavy (non-hydrogen) atoms. The molecule has 2 rings (SSSR count). The molecule has 0 aliphatic carbocycles. The second kappa shape index (κ2) is 6.69. The zero-order valence-corrected chi connectivity index (χ0v) is 13.6. The molecular formula is C15H13BrN2O2S. The molecule has 2 aromatic carbocycles. The molecule has 0 aliphatic heterocycles. The summed E-state index contributed by atoms with van der Waals surface area (Å²) in [7, 11) is 1.55. The van der Waals surface area contributed by atoms with E-state index >= 15 is 0 Å². The molecule has 0 bridgehead atoms. The van der Waals surface area contributed by atoms with Gasteiger partial charge in [0.1, 0.15) is 10.7 Å². The summed E-state index contributed by atoms with van der Waals surface area (Å²) in [4.78, 5) is 12.5. The Balaban J connectivity index is 2.29. The minimum Gasteiger partial charge on any atom is -0.497 e. The van der Waals surface area contributed by atoms with Gasteiger partial charge in [-0.25, -0.2) is 0 Å². The van der Waals surface area contributed by atoms with E-state index in [2.05, 4.69) is 21.2 Å². The van der Waals surface area contributed by atoms with E-state index in [1.165, 1.54) is 0 Å². The molecule has 1 amide bonds. The fourth-order valence-corrected chi connectivity index (χ4v) is 2.32. The van der Waals surface area contributed by atoms with Gasteiger partial charge >= 0.3 is 0 Å². The molecule has 108 valence electrons. The van der Waals surface area contributed by atoms with Crippen LogP contribution in [0.2, 0.25) is 0 Å². The molecule has 0 aromatic heterocycles. The highest BCUT2D eigenvalue weighted by Gasteiger charge is 2.11. The molecular weight excluding hydrogens is 352 g/mol. The van der Waals surface area contributed by atoms with Gasteiger partial charge in [-0.05, 0) is 36.4 Å². The van der Waals surface area contributed by atoms with Crippen LogP contribution in [0, 0.1) is 0 Å². The number of nitrogens with two attached hydrogens (primary N) is 1. The van der Waals surface area contributed by atoms with Crippen LogP contribution >= 0.6 is 28.1 Å². The molecule has 0 radical (unpaired) electrons. The van der Waals surface area contributed by atoms with E-state index in [1.54, 1.807) is 43.5 Å². The Morgan fingerprint density at radius 3 is 2.71 bits per heavy atom. The summed E-state index contributed by atoms with van der Waals surface area (Å²) in [6.07, 6.45) is 0. The second-order valence-corrected chi connectivity index (χ2v) is 5.60. The first kappa shape index (κ1) is 15.5. The zero-order chi connectivity index (χ0) is 15.4. The predicted molar refractivity (Wildman–Crippen MR) is 91.0 cm³/mol. The van der Waals surface area contributed by atoms with E-state index in [4.69, 9.17) is 22.7 Å². The lowest BCUT2D eigenvalue weighted by Gasteiger charge is -2.11. The van der Waals surface area contributed by atoms with Crippen LogP contribution in [0.4, 0.5) is 5.69 Å². The van der Waals surface area contributed by atoms with E-state index < -0.39 is 0 Å². The van der Waals surface area contributed by atoms with Crippen LogP contribution in [0.1, 0.15) is 15.9 Å². The summed E-state index contributed by atoms with van der Waals surface area (Å²) in [6.45, 7) is 0. The molecule has 6 heteroatoms. The van der Waals surface area contributed by atoms with E-state index in [0.717, 1.165) is 4.47 Å². The second-order valence-electron chi connectivity index (χ2n) is 4.24. The van der Waals surface area contributed by atoms with Crippen LogP contribution in [0.5, 0.6) is 5.75 Å². The molecule has 0 spiro atoms. The van der Waals surface area contributed by atoms with Crippen LogP contribution in [0.3, 0.4) is 0 Å². The quantitative estimate of drug-likeness (QED) is 0.816. The normalized spacial score (nSPS) is 10.0. The Kier molecular flexibility index (Phi) is 4.93. The number of carbonyl (C=O) groups is 1. The van der Waals surface area contributed by atoms with Crippen LogP contribution in [-0.2, 0) is 0 Å². The highest BCUT2D eigenvalue weighted by molar-refractivity contribution is 9.10. The van der Waals surface area contributed by atoms with Crippen molar-refractivity contribution in [2.75, 3.05) is 12.4 Å². The van der Waals surface area contributed by atoms with Crippen LogP contribution < -0.4 is 15.8 Å². The monoisotopic (exact) mass is 364 g/mol. The first-order chi connectivity index (χ1) is 10.0. The third-order valence-electron chi connectivity index (χ3n) is 2.83. The number of rotatable bonds is 4. The number of benzene rings is 2. The van der Waals surface area contributed by atoms with Gasteiger partial charge in [-0.2, -0.15) is 0 Å². The Hall–Kier alpha value is -1.92. The van der Waals surface area contributed by atoms with Gasteiger partial charge in [0.05, 0.1) is 12.8 Å². The van der Waals surface area contributed by atoms with Gasteiger partial charge in [0.25, 0.3) is 5.91 Å². The first-order valence-corrected chi connectivity index (χ1v) is 7.26. The lowest BCUT2D eigenvalue weighted by molar-refractivity contribution is 0.102. The summed E-state index contributed by atoms with van der Waals surface area (Å²) in [5.74, 6) is 0.363. The molecule has 2 aromatic rings. The number of methoxy groups -OCH3 is 1. The van der Waals surface area contributed by atoms with Gasteiger partial charge in [0.15, 0.2) is 0 Å². The number of carbonyl (C=O) groups excluding carboxylic acids is 1. The summed E-state index contributed by atoms with van der Waals surface area (Å²) >= 11 is 8.35. The number of amides is 1. The Morgan fingerprint density at radius 1 is 1.29 bits per heavy atom.